The number of rotatable bonds is 8. The number of likely N-dealkylation sites (tertiary alicyclic amines) is 1. The van der Waals surface area contributed by atoms with Gasteiger partial charge in [-0.2, -0.15) is 18.7 Å². The molecule has 1 amide bonds. The molecule has 0 saturated carbocycles. The van der Waals surface area contributed by atoms with Crippen molar-refractivity contribution in [3.8, 4) is 5.88 Å². The minimum Gasteiger partial charge on any atom is -0.481 e. The zero-order valence-corrected chi connectivity index (χ0v) is 24.0. The Morgan fingerprint density at radius 2 is 1.93 bits per heavy atom. The molecular weight excluding hydrogens is 543 g/mol. The summed E-state index contributed by atoms with van der Waals surface area (Å²) in [4.78, 5) is 35.2. The fourth-order valence-electron chi connectivity index (χ4n) is 5.12. The molecule has 222 valence electrons. The van der Waals surface area contributed by atoms with Crippen LogP contribution in [0.25, 0.3) is 11.0 Å². The van der Waals surface area contributed by atoms with Gasteiger partial charge in [0.15, 0.2) is 5.65 Å². The smallest absolute Gasteiger partial charge is 0.350 e. The molecule has 0 radical (unpaired) electrons. The Kier molecular flexibility index (Phi) is 7.82. The number of alkyl halides is 2. The summed E-state index contributed by atoms with van der Waals surface area (Å²) in [7, 11) is 4.43. The minimum absolute atomic E-state index is 0.0405. The van der Waals surface area contributed by atoms with Crippen LogP contribution in [0.3, 0.4) is 0 Å². The Morgan fingerprint density at radius 1 is 1.24 bits per heavy atom. The van der Waals surface area contributed by atoms with E-state index in [2.05, 4.69) is 15.3 Å². The van der Waals surface area contributed by atoms with Crippen LogP contribution in [-0.2, 0) is 28.1 Å². The van der Waals surface area contributed by atoms with Crippen LogP contribution in [0.1, 0.15) is 56.8 Å². The van der Waals surface area contributed by atoms with Gasteiger partial charge in [0.2, 0.25) is 11.8 Å². The van der Waals surface area contributed by atoms with Crippen molar-refractivity contribution < 1.29 is 32.5 Å². The second-order valence-corrected chi connectivity index (χ2v) is 10.8. The average Bonchev–Trinajstić information content (AvgIpc) is 3.36. The molecule has 0 aliphatic carbocycles. The number of benzene rings is 1. The van der Waals surface area contributed by atoms with Gasteiger partial charge in [-0.25, -0.2) is 9.18 Å². The highest BCUT2D eigenvalue weighted by atomic mass is 19.3. The summed E-state index contributed by atoms with van der Waals surface area (Å²) in [5, 5.41) is 13.3. The van der Waals surface area contributed by atoms with Crippen molar-refractivity contribution in [2.75, 3.05) is 32.6 Å². The lowest BCUT2D eigenvalue weighted by molar-refractivity contribution is -0.170. The molecule has 1 aromatic carbocycles. The summed E-state index contributed by atoms with van der Waals surface area (Å²) in [5.74, 6) is -4.95. The molecule has 41 heavy (non-hydrogen) atoms. The zero-order valence-electron chi connectivity index (χ0n) is 24.0. The number of fused-ring (bicyclic) bond motifs is 1. The third kappa shape index (κ3) is 5.12. The van der Waals surface area contributed by atoms with Crippen LogP contribution in [0.15, 0.2) is 29.1 Å². The number of aromatic nitrogens is 3. The molecule has 1 unspecified atom stereocenters. The molecule has 1 aliphatic rings. The first-order valence-corrected chi connectivity index (χ1v) is 13.0. The lowest BCUT2D eigenvalue weighted by Gasteiger charge is -2.30. The van der Waals surface area contributed by atoms with E-state index in [4.69, 9.17) is 9.47 Å². The van der Waals surface area contributed by atoms with E-state index in [1.54, 1.807) is 11.0 Å². The summed E-state index contributed by atoms with van der Waals surface area (Å²) in [5.41, 5.74) is -4.48. The molecule has 4 rings (SSSR count). The van der Waals surface area contributed by atoms with Crippen molar-refractivity contribution in [1.29, 1.82) is 0 Å². The number of carbonyl (C=O) groups excluding carboxylic acids is 1. The number of carbonyl (C=O) groups is 1. The maximum atomic E-state index is 15.5. The normalized spacial score (nSPS) is 18.6. The molecule has 1 saturated heterocycles. The predicted molar refractivity (Wildman–Crippen MR) is 146 cm³/mol. The molecule has 2 aromatic heterocycles. The fourth-order valence-corrected chi connectivity index (χ4v) is 5.12. The monoisotopic (exact) mass is 577 g/mol. The summed E-state index contributed by atoms with van der Waals surface area (Å²) in [6, 6.07) is 4.30. The van der Waals surface area contributed by atoms with Crippen molar-refractivity contribution in [3.05, 3.63) is 57.3 Å². The van der Waals surface area contributed by atoms with Gasteiger partial charge in [0, 0.05) is 45.2 Å². The van der Waals surface area contributed by atoms with E-state index in [0.717, 1.165) is 19.9 Å². The molecular formula is C28H34F3N5O5. The van der Waals surface area contributed by atoms with E-state index >= 15 is 4.39 Å². The van der Waals surface area contributed by atoms with Crippen LogP contribution in [0.4, 0.5) is 19.0 Å². The number of ether oxygens (including phenoxy) is 2. The van der Waals surface area contributed by atoms with Gasteiger partial charge in [-0.3, -0.25) is 9.36 Å². The van der Waals surface area contributed by atoms with E-state index in [1.807, 2.05) is 0 Å². The number of methoxy groups -OCH3 is 2. The summed E-state index contributed by atoms with van der Waals surface area (Å²) in [6.07, 6.45) is 0.457. The molecule has 13 heteroatoms. The Bertz CT molecular complexity index is 1550. The van der Waals surface area contributed by atoms with Crippen molar-refractivity contribution in [2.24, 2.45) is 7.05 Å². The summed E-state index contributed by atoms with van der Waals surface area (Å²) in [6.45, 7) is 5.50. The van der Waals surface area contributed by atoms with Crippen LogP contribution >= 0.6 is 0 Å². The topological polar surface area (TPSA) is 119 Å². The van der Waals surface area contributed by atoms with Gasteiger partial charge >= 0.3 is 11.6 Å². The SMILES string of the molecule is COc1nc2c(cc1C1(OC)CCN(C(C)=O)C1)c(N[C@H](C)c1cccc(C(F)(F)C(C)(C)O)c1F)nc(=O)n2C. The molecule has 0 bridgehead atoms. The zero-order chi connectivity index (χ0) is 30.5. The lowest BCUT2D eigenvalue weighted by atomic mass is 9.90. The first-order chi connectivity index (χ1) is 19.1. The van der Waals surface area contributed by atoms with Crippen molar-refractivity contribution >= 4 is 22.8 Å². The highest BCUT2D eigenvalue weighted by Crippen LogP contribution is 2.43. The number of hydrogen-bond donors (Lipinski definition) is 2. The average molecular weight is 578 g/mol. The number of halogens is 3. The predicted octanol–water partition coefficient (Wildman–Crippen LogP) is 3.61. The van der Waals surface area contributed by atoms with E-state index in [9.17, 15) is 23.5 Å². The number of aryl methyl sites for hydroxylation is 1. The van der Waals surface area contributed by atoms with E-state index < -0.39 is 40.2 Å². The number of aliphatic hydroxyl groups is 1. The fraction of sp³-hybridized carbons (Fsp3) is 0.500. The number of anilines is 1. The van der Waals surface area contributed by atoms with Gasteiger partial charge in [-0.05, 0) is 32.9 Å². The van der Waals surface area contributed by atoms with Crippen LogP contribution in [-0.4, -0.2) is 63.4 Å². The van der Waals surface area contributed by atoms with E-state index in [0.29, 0.717) is 23.9 Å². The molecule has 0 spiro atoms. The standard InChI is InChI=1S/C28H34F3N5O5/c1-15(17-9-8-10-19(21(17)29)28(30,31)26(3,4)39)32-22-18-13-20(27(41-7)11-12-36(14-27)16(2)37)24(40-6)34-23(18)35(5)25(38)33-22/h8-10,13,15,39H,11-12,14H2,1-7H3,(H,32,33,38)/t15-,27?/m1/s1. The molecule has 3 aromatic rings. The van der Waals surface area contributed by atoms with Gasteiger partial charge in [-0.1, -0.05) is 12.1 Å². The van der Waals surface area contributed by atoms with Gasteiger partial charge < -0.3 is 24.8 Å². The molecule has 2 atom stereocenters. The van der Waals surface area contributed by atoms with Gasteiger partial charge in [0.05, 0.1) is 30.6 Å². The second kappa shape index (κ2) is 10.6. The molecule has 2 N–H and O–H groups in total. The number of amides is 1. The number of pyridine rings is 1. The maximum Gasteiger partial charge on any atom is 0.350 e. The maximum absolute atomic E-state index is 15.5. The Balaban J connectivity index is 1.85. The quantitative estimate of drug-likeness (QED) is 0.417. The molecule has 1 aliphatic heterocycles. The van der Waals surface area contributed by atoms with Crippen LogP contribution in [0, 0.1) is 5.82 Å². The lowest BCUT2D eigenvalue weighted by Crippen LogP contribution is -2.41. The van der Waals surface area contributed by atoms with Crippen LogP contribution in [0.5, 0.6) is 5.88 Å². The molecule has 10 nitrogen and oxygen atoms in total. The number of nitrogens with zero attached hydrogens (tertiary/aromatic N) is 4. The van der Waals surface area contributed by atoms with Crippen LogP contribution < -0.4 is 15.7 Å². The second-order valence-electron chi connectivity index (χ2n) is 10.8. The Hall–Kier alpha value is -3.71. The molecule has 3 heterocycles. The van der Waals surface area contributed by atoms with Gasteiger partial charge in [-0.15, -0.1) is 0 Å². The summed E-state index contributed by atoms with van der Waals surface area (Å²) >= 11 is 0. The largest absolute Gasteiger partial charge is 0.481 e. The Labute approximate surface area is 235 Å². The minimum atomic E-state index is -3.88. The van der Waals surface area contributed by atoms with E-state index in [-0.39, 0.29) is 35.4 Å². The first kappa shape index (κ1) is 30.3. The van der Waals surface area contributed by atoms with Gasteiger partial charge in [0.25, 0.3) is 0 Å². The summed E-state index contributed by atoms with van der Waals surface area (Å²) < 4.78 is 58.0. The highest BCUT2D eigenvalue weighted by molar-refractivity contribution is 5.88. The first-order valence-electron chi connectivity index (χ1n) is 13.0. The molecule has 1 fully saturated rings. The highest BCUT2D eigenvalue weighted by Gasteiger charge is 2.49. The third-order valence-corrected chi connectivity index (χ3v) is 7.74. The van der Waals surface area contributed by atoms with Gasteiger partial charge in [0.1, 0.15) is 22.8 Å². The third-order valence-electron chi connectivity index (χ3n) is 7.74. The Morgan fingerprint density at radius 3 is 2.49 bits per heavy atom. The van der Waals surface area contributed by atoms with Crippen molar-refractivity contribution in [2.45, 2.75) is 57.3 Å². The van der Waals surface area contributed by atoms with E-state index in [1.165, 1.54) is 51.8 Å². The van der Waals surface area contributed by atoms with Crippen molar-refractivity contribution in [1.82, 2.24) is 19.4 Å². The number of hydrogen-bond acceptors (Lipinski definition) is 8. The van der Waals surface area contributed by atoms with Crippen molar-refractivity contribution in [3.63, 3.8) is 0 Å². The van der Waals surface area contributed by atoms with Crippen LogP contribution in [0.2, 0.25) is 0 Å². The number of nitrogens with one attached hydrogen (secondary N) is 1.